The molecule has 2 aromatic heterocycles. The summed E-state index contributed by atoms with van der Waals surface area (Å²) < 4.78 is 9.64. The molecule has 0 aromatic carbocycles. The molecule has 0 bridgehead atoms. The van der Waals surface area contributed by atoms with Gasteiger partial charge < -0.3 is 4.74 Å². The molecule has 2 aromatic rings. The van der Waals surface area contributed by atoms with E-state index in [4.69, 9.17) is 4.74 Å². The molecular weight excluding hydrogens is 480 g/mol. The number of hydrogen-bond acceptors (Lipinski definition) is 2. The lowest BCUT2D eigenvalue weighted by atomic mass is 10.1. The van der Waals surface area contributed by atoms with E-state index in [0.717, 1.165) is 25.9 Å². The molecule has 4 heteroatoms. The van der Waals surface area contributed by atoms with Gasteiger partial charge in [-0.3, -0.25) is 0 Å². The topological polar surface area (TPSA) is 34.1 Å². The largest absolute Gasteiger partial charge is 0.463 e. The quantitative estimate of drug-likeness (QED) is 0.0582. The zero-order chi connectivity index (χ0) is 27.8. The summed E-state index contributed by atoms with van der Waals surface area (Å²) in [4.78, 5) is 11.0. The van der Waals surface area contributed by atoms with Gasteiger partial charge in [-0.2, -0.15) is 0 Å². The molecule has 0 aliphatic carbocycles. The smallest absolute Gasteiger partial charge is 0.330 e. The Hall–Kier alpha value is -2.49. The van der Waals surface area contributed by atoms with Crippen LogP contribution in [0, 0.1) is 0 Å². The maximum atomic E-state index is 11.0. The predicted octanol–water partition coefficient (Wildman–Crippen LogP) is 8.70. The maximum absolute atomic E-state index is 11.0. The highest BCUT2D eigenvalue weighted by Gasteiger charge is 2.06. The van der Waals surface area contributed by atoms with Gasteiger partial charge >= 0.3 is 5.97 Å². The Balaban J connectivity index is 1.50. The number of aryl methyl sites for hydroxylation is 2. The van der Waals surface area contributed by atoms with Crippen molar-refractivity contribution >= 4 is 5.97 Å². The van der Waals surface area contributed by atoms with Crippen molar-refractivity contribution in [2.24, 2.45) is 0 Å². The standard InChI is InChI=1S/C35H56N2O2/c1-3-5-6-7-8-9-10-13-16-19-26-36-28-22-33(23-29-36)34-24-30-37(31-25-34)27-20-17-14-11-12-15-18-21-32-39-35(38)4-2/h4,22-25,28-31H,2-3,5-21,26-27,32H2,1H3/q+2. The number of carbonyl (C=O) groups is 1. The first-order valence-corrected chi connectivity index (χ1v) is 16.0. The highest BCUT2D eigenvalue weighted by molar-refractivity contribution is 5.81. The molecule has 216 valence electrons. The number of ether oxygens (including phenoxy) is 1. The number of unbranched alkanes of at least 4 members (excludes halogenated alkanes) is 16. The van der Waals surface area contributed by atoms with Gasteiger partial charge in [-0.05, 0) is 30.4 Å². The van der Waals surface area contributed by atoms with Gasteiger partial charge in [0, 0.05) is 43.2 Å². The molecule has 0 atom stereocenters. The summed E-state index contributed by atoms with van der Waals surface area (Å²) in [6.45, 7) is 8.42. The SMILES string of the molecule is C=CC(=O)OCCCCCCCCCC[n+]1ccc(-c2cc[n+](CCCCCCCCCCCC)cc2)cc1. The molecule has 0 amide bonds. The van der Waals surface area contributed by atoms with Gasteiger partial charge in [0.2, 0.25) is 0 Å². The summed E-state index contributed by atoms with van der Waals surface area (Å²) in [5.74, 6) is -0.315. The van der Waals surface area contributed by atoms with E-state index < -0.39 is 0 Å². The van der Waals surface area contributed by atoms with Crippen LogP contribution in [0.4, 0.5) is 0 Å². The highest BCUT2D eigenvalue weighted by atomic mass is 16.5. The number of pyridine rings is 2. The fourth-order valence-corrected chi connectivity index (χ4v) is 5.07. The van der Waals surface area contributed by atoms with Gasteiger partial charge in [0.1, 0.15) is 13.1 Å². The van der Waals surface area contributed by atoms with Crippen LogP contribution in [0.5, 0.6) is 0 Å². The minimum Gasteiger partial charge on any atom is -0.463 e. The molecule has 0 N–H and O–H groups in total. The van der Waals surface area contributed by atoms with E-state index in [-0.39, 0.29) is 5.97 Å². The zero-order valence-corrected chi connectivity index (χ0v) is 25.0. The third-order valence-corrected chi connectivity index (χ3v) is 7.61. The van der Waals surface area contributed by atoms with Crippen LogP contribution in [-0.2, 0) is 22.6 Å². The lowest BCUT2D eigenvalue weighted by Crippen LogP contribution is -2.33. The molecule has 39 heavy (non-hydrogen) atoms. The Kier molecular flexibility index (Phi) is 18.7. The molecule has 0 aliphatic heterocycles. The number of aromatic nitrogens is 2. The van der Waals surface area contributed by atoms with E-state index in [9.17, 15) is 4.79 Å². The second-order valence-corrected chi connectivity index (χ2v) is 11.0. The number of nitrogens with zero attached hydrogens (tertiary/aromatic N) is 2. The molecule has 0 fully saturated rings. The molecule has 2 heterocycles. The fourth-order valence-electron chi connectivity index (χ4n) is 5.07. The van der Waals surface area contributed by atoms with Crippen molar-refractivity contribution in [3.05, 3.63) is 61.7 Å². The van der Waals surface area contributed by atoms with Crippen LogP contribution in [0.25, 0.3) is 11.1 Å². The molecule has 0 saturated heterocycles. The number of esters is 1. The van der Waals surface area contributed by atoms with Crippen LogP contribution in [0.15, 0.2) is 61.7 Å². The predicted molar refractivity (Wildman–Crippen MR) is 162 cm³/mol. The zero-order valence-electron chi connectivity index (χ0n) is 25.0. The van der Waals surface area contributed by atoms with Crippen molar-refractivity contribution in [3.63, 3.8) is 0 Å². The van der Waals surface area contributed by atoms with E-state index in [2.05, 4.69) is 71.7 Å². The molecule has 0 radical (unpaired) electrons. The Morgan fingerprint density at radius 2 is 0.974 bits per heavy atom. The molecule has 0 saturated carbocycles. The highest BCUT2D eigenvalue weighted by Crippen LogP contribution is 2.16. The normalized spacial score (nSPS) is 11.0. The summed E-state index contributed by atoms with van der Waals surface area (Å²) in [5.41, 5.74) is 2.58. The Morgan fingerprint density at radius 1 is 0.615 bits per heavy atom. The van der Waals surface area contributed by atoms with Crippen LogP contribution in [0.3, 0.4) is 0 Å². The van der Waals surface area contributed by atoms with Gasteiger partial charge in [-0.25, -0.2) is 13.9 Å². The number of carbonyl (C=O) groups excluding carboxylic acids is 1. The third kappa shape index (κ3) is 16.3. The summed E-state index contributed by atoms with van der Waals surface area (Å²) in [6.07, 6.45) is 33.7. The van der Waals surface area contributed by atoms with E-state index in [1.165, 1.54) is 120 Å². The van der Waals surface area contributed by atoms with Gasteiger partial charge in [0.05, 0.1) is 6.61 Å². The van der Waals surface area contributed by atoms with Gasteiger partial charge in [-0.15, -0.1) is 0 Å². The van der Waals surface area contributed by atoms with Crippen LogP contribution in [-0.4, -0.2) is 12.6 Å². The minimum atomic E-state index is -0.315. The lowest BCUT2D eigenvalue weighted by molar-refractivity contribution is -0.697. The molecule has 2 rings (SSSR count). The Morgan fingerprint density at radius 3 is 1.36 bits per heavy atom. The van der Waals surface area contributed by atoms with E-state index in [1.54, 1.807) is 0 Å². The third-order valence-electron chi connectivity index (χ3n) is 7.61. The Bertz CT molecular complexity index is 877. The molecular formula is C35H56N2O2+2. The first kappa shape index (κ1) is 32.7. The first-order valence-electron chi connectivity index (χ1n) is 16.0. The molecule has 0 unspecified atom stereocenters. The van der Waals surface area contributed by atoms with Crippen LogP contribution in [0.1, 0.15) is 122 Å². The van der Waals surface area contributed by atoms with Crippen molar-refractivity contribution in [1.29, 1.82) is 0 Å². The van der Waals surface area contributed by atoms with Crippen LogP contribution in [0.2, 0.25) is 0 Å². The average molecular weight is 537 g/mol. The average Bonchev–Trinajstić information content (AvgIpc) is 2.97. The van der Waals surface area contributed by atoms with Gasteiger partial charge in [0.25, 0.3) is 0 Å². The summed E-state index contributed by atoms with van der Waals surface area (Å²) >= 11 is 0. The Labute approximate surface area is 239 Å². The van der Waals surface area contributed by atoms with Crippen molar-refractivity contribution in [1.82, 2.24) is 0 Å². The van der Waals surface area contributed by atoms with Crippen LogP contribution < -0.4 is 9.13 Å². The van der Waals surface area contributed by atoms with Gasteiger partial charge in [-0.1, -0.05) is 97.0 Å². The molecule has 0 spiro atoms. The van der Waals surface area contributed by atoms with Gasteiger partial charge in [0.15, 0.2) is 24.8 Å². The number of hydrogen-bond donors (Lipinski definition) is 0. The van der Waals surface area contributed by atoms with Crippen molar-refractivity contribution < 1.29 is 18.7 Å². The summed E-state index contributed by atoms with van der Waals surface area (Å²) in [5, 5.41) is 0. The maximum Gasteiger partial charge on any atom is 0.330 e. The summed E-state index contributed by atoms with van der Waals surface area (Å²) in [7, 11) is 0. The van der Waals surface area contributed by atoms with Crippen molar-refractivity contribution in [3.8, 4) is 11.1 Å². The van der Waals surface area contributed by atoms with E-state index in [0.29, 0.717) is 6.61 Å². The van der Waals surface area contributed by atoms with Crippen molar-refractivity contribution in [2.45, 2.75) is 136 Å². The van der Waals surface area contributed by atoms with Crippen molar-refractivity contribution in [2.75, 3.05) is 6.61 Å². The number of rotatable bonds is 24. The van der Waals surface area contributed by atoms with Crippen LogP contribution >= 0.6 is 0 Å². The second kappa shape index (κ2) is 22.3. The van der Waals surface area contributed by atoms with E-state index in [1.807, 2.05) is 0 Å². The second-order valence-electron chi connectivity index (χ2n) is 11.0. The first-order chi connectivity index (χ1) is 19.2. The monoisotopic (exact) mass is 536 g/mol. The lowest BCUT2D eigenvalue weighted by Gasteiger charge is -2.04. The fraction of sp³-hybridized carbons (Fsp3) is 0.629. The molecule has 4 nitrogen and oxygen atoms in total. The van der Waals surface area contributed by atoms with E-state index >= 15 is 0 Å². The minimum absolute atomic E-state index is 0.315. The molecule has 0 aliphatic rings. The summed E-state index contributed by atoms with van der Waals surface area (Å²) in [6, 6.07) is 9.00.